The number of rotatable bonds is 3. The van der Waals surface area contributed by atoms with E-state index in [1.54, 1.807) is 23.2 Å². The van der Waals surface area contributed by atoms with Crippen molar-refractivity contribution in [2.75, 3.05) is 6.54 Å². The van der Waals surface area contributed by atoms with Crippen molar-refractivity contribution in [3.05, 3.63) is 22.4 Å². The monoisotopic (exact) mass is 252 g/mol. The summed E-state index contributed by atoms with van der Waals surface area (Å²) in [6.07, 6.45) is 0.826. The molecule has 1 aromatic rings. The first-order chi connectivity index (χ1) is 8.13. The van der Waals surface area contributed by atoms with E-state index < -0.39 is 6.04 Å². The van der Waals surface area contributed by atoms with E-state index >= 15 is 0 Å². The quantitative estimate of drug-likeness (QED) is 0.887. The number of hydrogen-bond donors (Lipinski definition) is 1. The van der Waals surface area contributed by atoms with Gasteiger partial charge in [0.25, 0.3) is 0 Å². The zero-order valence-electron chi connectivity index (χ0n) is 9.97. The van der Waals surface area contributed by atoms with Gasteiger partial charge in [0.2, 0.25) is 11.8 Å². The largest absolute Gasteiger partial charge is 0.343 e. The van der Waals surface area contributed by atoms with Gasteiger partial charge in [-0.1, -0.05) is 13.0 Å². The molecule has 1 aliphatic heterocycles. The number of hydrogen-bond acceptors (Lipinski definition) is 3. The summed E-state index contributed by atoms with van der Waals surface area (Å²) in [6, 6.07) is 3.60. The normalized spacial score (nSPS) is 22.5. The minimum absolute atomic E-state index is 0.00449. The maximum absolute atomic E-state index is 12.1. The van der Waals surface area contributed by atoms with Gasteiger partial charge in [-0.25, -0.2) is 0 Å². The summed E-state index contributed by atoms with van der Waals surface area (Å²) in [5, 5.41) is 4.65. The molecule has 0 saturated carbocycles. The molecule has 0 bridgehead atoms. The molecule has 1 saturated heterocycles. The van der Waals surface area contributed by atoms with Crippen LogP contribution in [0.25, 0.3) is 0 Å². The fourth-order valence-corrected chi connectivity index (χ4v) is 3.07. The van der Waals surface area contributed by atoms with Gasteiger partial charge in [0.15, 0.2) is 0 Å². The Bertz CT molecular complexity index is 416. The van der Waals surface area contributed by atoms with Gasteiger partial charge in [-0.2, -0.15) is 0 Å². The van der Waals surface area contributed by atoms with Crippen molar-refractivity contribution >= 4 is 23.2 Å². The van der Waals surface area contributed by atoms with Gasteiger partial charge < -0.3 is 10.2 Å². The summed E-state index contributed by atoms with van der Waals surface area (Å²) in [7, 11) is 0. The number of piperazine rings is 1. The zero-order chi connectivity index (χ0) is 12.4. The predicted octanol–water partition coefficient (Wildman–Crippen LogP) is 1.55. The molecule has 2 rings (SSSR count). The molecule has 1 fully saturated rings. The lowest BCUT2D eigenvalue weighted by Gasteiger charge is -2.36. The van der Waals surface area contributed by atoms with Crippen LogP contribution in [0.2, 0.25) is 0 Å². The maximum Gasteiger partial charge on any atom is 0.245 e. The number of amides is 2. The van der Waals surface area contributed by atoms with Gasteiger partial charge in [-0.05, 0) is 24.8 Å². The first-order valence-electron chi connectivity index (χ1n) is 5.76. The molecular weight excluding hydrogens is 236 g/mol. The number of carbonyl (C=O) groups is 2. The molecule has 92 valence electrons. The molecule has 17 heavy (non-hydrogen) atoms. The number of nitrogens with one attached hydrogen (secondary N) is 1. The fraction of sp³-hybridized carbons (Fsp3) is 0.500. The average molecular weight is 252 g/mol. The first-order valence-corrected chi connectivity index (χ1v) is 6.64. The van der Waals surface area contributed by atoms with Gasteiger partial charge in [-0.3, -0.25) is 9.59 Å². The highest BCUT2D eigenvalue weighted by Crippen LogP contribution is 2.29. The van der Waals surface area contributed by atoms with Crippen molar-refractivity contribution in [2.24, 2.45) is 0 Å². The van der Waals surface area contributed by atoms with Crippen LogP contribution < -0.4 is 5.32 Å². The molecule has 0 spiro atoms. The van der Waals surface area contributed by atoms with Crippen LogP contribution in [0.1, 0.15) is 31.2 Å². The van der Waals surface area contributed by atoms with E-state index in [2.05, 4.69) is 5.32 Å². The van der Waals surface area contributed by atoms with Crippen molar-refractivity contribution in [1.29, 1.82) is 0 Å². The SMILES string of the molecule is CCC(c1cccs1)N1CC(=O)NC(C)C1=O. The summed E-state index contributed by atoms with van der Waals surface area (Å²) in [5.74, 6) is -0.0723. The van der Waals surface area contributed by atoms with Crippen molar-refractivity contribution in [3.8, 4) is 0 Å². The summed E-state index contributed by atoms with van der Waals surface area (Å²) < 4.78 is 0. The van der Waals surface area contributed by atoms with Crippen LogP contribution in [-0.4, -0.2) is 29.3 Å². The van der Waals surface area contributed by atoms with Crippen LogP contribution >= 0.6 is 11.3 Å². The van der Waals surface area contributed by atoms with E-state index in [-0.39, 0.29) is 24.4 Å². The van der Waals surface area contributed by atoms with Crippen LogP contribution in [0.15, 0.2) is 17.5 Å². The van der Waals surface area contributed by atoms with E-state index in [0.29, 0.717) is 0 Å². The van der Waals surface area contributed by atoms with Crippen LogP contribution in [0.4, 0.5) is 0 Å². The summed E-state index contributed by atoms with van der Waals surface area (Å²) in [4.78, 5) is 26.4. The molecule has 1 N–H and O–H groups in total. The Morgan fingerprint density at radius 2 is 2.35 bits per heavy atom. The van der Waals surface area contributed by atoms with Gasteiger partial charge in [0, 0.05) is 4.88 Å². The van der Waals surface area contributed by atoms with E-state index in [4.69, 9.17) is 0 Å². The molecule has 2 heterocycles. The third-order valence-corrected chi connectivity index (χ3v) is 3.95. The Morgan fingerprint density at radius 1 is 1.59 bits per heavy atom. The number of thiophene rings is 1. The average Bonchev–Trinajstić information content (AvgIpc) is 2.79. The Hall–Kier alpha value is -1.36. The molecule has 1 aliphatic rings. The van der Waals surface area contributed by atoms with Crippen LogP contribution in [0, 0.1) is 0 Å². The Kier molecular flexibility index (Phi) is 3.47. The minimum Gasteiger partial charge on any atom is -0.343 e. The molecular formula is C12H16N2O2S. The van der Waals surface area contributed by atoms with E-state index in [1.807, 2.05) is 24.4 Å². The molecule has 2 atom stereocenters. The summed E-state index contributed by atoms with van der Waals surface area (Å²) >= 11 is 1.63. The lowest BCUT2D eigenvalue weighted by Crippen LogP contribution is -2.57. The Balaban J connectivity index is 2.24. The Morgan fingerprint density at radius 3 is 2.94 bits per heavy atom. The molecule has 5 heteroatoms. The summed E-state index contributed by atoms with van der Waals surface area (Å²) in [5.41, 5.74) is 0. The van der Waals surface area contributed by atoms with Gasteiger partial charge in [0.05, 0.1) is 6.04 Å². The van der Waals surface area contributed by atoms with Crippen molar-refractivity contribution in [2.45, 2.75) is 32.4 Å². The second-order valence-corrected chi connectivity index (χ2v) is 5.17. The van der Waals surface area contributed by atoms with Crippen LogP contribution in [0.3, 0.4) is 0 Å². The van der Waals surface area contributed by atoms with E-state index in [0.717, 1.165) is 11.3 Å². The third kappa shape index (κ3) is 2.34. The smallest absolute Gasteiger partial charge is 0.245 e. The van der Waals surface area contributed by atoms with Crippen LogP contribution in [0.5, 0.6) is 0 Å². The molecule has 1 aromatic heterocycles. The van der Waals surface area contributed by atoms with Crippen LogP contribution in [-0.2, 0) is 9.59 Å². The first kappa shape index (κ1) is 12.1. The van der Waals surface area contributed by atoms with Gasteiger partial charge in [0.1, 0.15) is 12.6 Å². The van der Waals surface area contributed by atoms with Crippen molar-refractivity contribution in [1.82, 2.24) is 10.2 Å². The molecule has 0 aliphatic carbocycles. The summed E-state index contributed by atoms with van der Waals surface area (Å²) in [6.45, 7) is 3.93. The maximum atomic E-state index is 12.1. The van der Waals surface area contributed by atoms with Gasteiger partial charge >= 0.3 is 0 Å². The second kappa shape index (κ2) is 4.87. The highest BCUT2D eigenvalue weighted by molar-refractivity contribution is 7.10. The molecule has 2 amide bonds. The minimum atomic E-state index is -0.412. The van der Waals surface area contributed by atoms with Gasteiger partial charge in [-0.15, -0.1) is 11.3 Å². The Labute approximate surface area is 105 Å². The van der Waals surface area contributed by atoms with E-state index in [1.165, 1.54) is 0 Å². The number of nitrogens with zero attached hydrogens (tertiary/aromatic N) is 1. The molecule has 2 unspecified atom stereocenters. The van der Waals surface area contributed by atoms with E-state index in [9.17, 15) is 9.59 Å². The highest BCUT2D eigenvalue weighted by atomic mass is 32.1. The van der Waals surface area contributed by atoms with Crippen molar-refractivity contribution < 1.29 is 9.59 Å². The lowest BCUT2D eigenvalue weighted by molar-refractivity contribution is -0.146. The molecule has 0 aromatic carbocycles. The predicted molar refractivity (Wildman–Crippen MR) is 66.7 cm³/mol. The topological polar surface area (TPSA) is 49.4 Å². The highest BCUT2D eigenvalue weighted by Gasteiger charge is 2.34. The second-order valence-electron chi connectivity index (χ2n) is 4.19. The lowest BCUT2D eigenvalue weighted by atomic mass is 10.1. The molecule has 4 nitrogen and oxygen atoms in total. The standard InChI is InChI=1S/C12H16N2O2S/c1-3-9(10-5-4-6-17-10)14-7-11(15)13-8(2)12(14)16/h4-6,8-9H,3,7H2,1-2H3,(H,13,15). The number of carbonyl (C=O) groups excluding carboxylic acids is 2. The third-order valence-electron chi connectivity index (χ3n) is 2.98. The molecule has 0 radical (unpaired) electrons. The fourth-order valence-electron chi connectivity index (χ4n) is 2.15. The van der Waals surface area contributed by atoms with Crippen molar-refractivity contribution in [3.63, 3.8) is 0 Å². The zero-order valence-corrected chi connectivity index (χ0v) is 10.8.